The van der Waals surface area contributed by atoms with Crippen molar-refractivity contribution in [1.29, 1.82) is 0 Å². The van der Waals surface area contributed by atoms with Crippen LogP contribution in [0.3, 0.4) is 0 Å². The molecule has 1 amide bonds. The van der Waals surface area contributed by atoms with Crippen molar-refractivity contribution < 1.29 is 20.1 Å². The Balaban J connectivity index is 3.64. The number of amides is 1. The normalized spacial score (nSPS) is 13.7. The van der Waals surface area contributed by atoms with Gasteiger partial charge in [-0.15, -0.1) is 0 Å². The fraction of sp³-hybridized carbons (Fsp3) is 0.894. The van der Waals surface area contributed by atoms with Gasteiger partial charge in [-0.25, -0.2) is 0 Å². The number of nitrogens with one attached hydrogen (secondary N) is 1. The predicted molar refractivity (Wildman–Crippen MR) is 227 cm³/mol. The number of aliphatic hydroxyl groups is 3. The van der Waals surface area contributed by atoms with E-state index in [1.807, 2.05) is 6.08 Å². The molecule has 0 aliphatic heterocycles. The van der Waals surface area contributed by atoms with E-state index in [1.165, 1.54) is 186 Å². The maximum absolute atomic E-state index is 12.5. The number of carbonyl (C=O) groups is 1. The van der Waals surface area contributed by atoms with E-state index in [1.54, 1.807) is 6.08 Å². The molecule has 0 aromatic carbocycles. The maximum atomic E-state index is 12.5. The molecule has 3 unspecified atom stereocenters. The number of aliphatic hydroxyl groups excluding tert-OH is 3. The third-order valence-electron chi connectivity index (χ3n) is 10.8. The molecule has 4 N–H and O–H groups in total. The molecule has 5 heteroatoms. The van der Waals surface area contributed by atoms with Crippen molar-refractivity contribution in [3.63, 3.8) is 0 Å². The minimum Gasteiger partial charge on any atom is -0.394 e. The van der Waals surface area contributed by atoms with Crippen molar-refractivity contribution in [3.8, 4) is 0 Å². The second-order valence-electron chi connectivity index (χ2n) is 16.0. The summed E-state index contributed by atoms with van der Waals surface area (Å²) < 4.78 is 0. The second kappa shape index (κ2) is 42.6. The van der Waals surface area contributed by atoms with Crippen LogP contribution in [0.5, 0.6) is 0 Å². The predicted octanol–water partition coefficient (Wildman–Crippen LogP) is 13.4. The van der Waals surface area contributed by atoms with Gasteiger partial charge in [-0.05, 0) is 32.1 Å². The molecule has 0 rings (SSSR count). The molecule has 0 saturated carbocycles. The van der Waals surface area contributed by atoms with Crippen molar-refractivity contribution >= 4 is 5.91 Å². The van der Waals surface area contributed by atoms with Crippen LogP contribution in [0, 0.1) is 0 Å². The van der Waals surface area contributed by atoms with E-state index in [2.05, 4.69) is 31.3 Å². The fourth-order valence-electron chi connectivity index (χ4n) is 7.14. The minimum absolute atomic E-state index is 0.373. The molecule has 3 atom stereocenters. The van der Waals surface area contributed by atoms with Crippen LogP contribution >= 0.6 is 0 Å². The van der Waals surface area contributed by atoms with E-state index in [0.29, 0.717) is 6.42 Å². The molecule has 0 spiro atoms. The summed E-state index contributed by atoms with van der Waals surface area (Å²) in [7, 11) is 0. The molecule has 0 heterocycles. The Bertz CT molecular complexity index is 768. The van der Waals surface area contributed by atoms with Crippen LogP contribution in [0.4, 0.5) is 0 Å². The lowest BCUT2D eigenvalue weighted by Crippen LogP contribution is -2.48. The number of rotatable bonds is 42. The zero-order valence-electron chi connectivity index (χ0n) is 35.0. The number of carbonyl (C=O) groups excluding carboxylic acids is 1. The van der Waals surface area contributed by atoms with Crippen LogP contribution in [-0.4, -0.2) is 46.1 Å². The van der Waals surface area contributed by atoms with Gasteiger partial charge in [0.15, 0.2) is 0 Å². The van der Waals surface area contributed by atoms with E-state index < -0.39 is 24.2 Å². The topological polar surface area (TPSA) is 89.8 Å². The Labute approximate surface area is 324 Å². The van der Waals surface area contributed by atoms with Crippen LogP contribution in [0.25, 0.3) is 0 Å². The van der Waals surface area contributed by atoms with Crippen LogP contribution in [0.1, 0.15) is 245 Å². The van der Waals surface area contributed by atoms with Gasteiger partial charge in [0, 0.05) is 0 Å². The van der Waals surface area contributed by atoms with E-state index in [4.69, 9.17) is 0 Å². The summed E-state index contributed by atoms with van der Waals surface area (Å²) in [5.74, 6) is -0.509. The van der Waals surface area contributed by atoms with E-state index in [9.17, 15) is 20.1 Å². The van der Waals surface area contributed by atoms with Gasteiger partial charge in [-0.2, -0.15) is 0 Å². The van der Waals surface area contributed by atoms with Gasteiger partial charge in [0.25, 0.3) is 0 Å². The zero-order chi connectivity index (χ0) is 38.0. The highest BCUT2D eigenvalue weighted by Gasteiger charge is 2.22. The van der Waals surface area contributed by atoms with Crippen LogP contribution in [-0.2, 0) is 4.79 Å². The molecule has 52 heavy (non-hydrogen) atoms. The summed E-state index contributed by atoms with van der Waals surface area (Å²) in [6.45, 7) is 4.18. The molecule has 5 nitrogen and oxygen atoms in total. The van der Waals surface area contributed by atoms with Gasteiger partial charge in [0.05, 0.1) is 18.8 Å². The largest absolute Gasteiger partial charge is 0.394 e. The molecule has 0 aliphatic carbocycles. The Morgan fingerprint density at radius 1 is 0.462 bits per heavy atom. The second-order valence-corrected chi connectivity index (χ2v) is 16.0. The highest BCUT2D eigenvalue weighted by Crippen LogP contribution is 2.16. The van der Waals surface area contributed by atoms with Gasteiger partial charge in [-0.3, -0.25) is 4.79 Å². The van der Waals surface area contributed by atoms with Crippen LogP contribution in [0.2, 0.25) is 0 Å². The van der Waals surface area contributed by atoms with E-state index in [0.717, 1.165) is 38.5 Å². The zero-order valence-corrected chi connectivity index (χ0v) is 35.0. The fourth-order valence-corrected chi connectivity index (χ4v) is 7.14. The average molecular weight is 734 g/mol. The standard InChI is InChI=1S/C47H91NO4/c1-3-5-7-9-11-13-15-17-19-21-22-23-24-25-26-28-30-32-34-36-38-40-42-46(51)47(52)48-44(43-49)45(50)41-39-37-35-33-31-29-27-20-18-16-14-12-10-8-6-4-2/h31,33,39,41,44-46,49-51H,3-30,32,34-38,40,42-43H2,1-2H3,(H,48,52)/b33-31+,41-39+. The van der Waals surface area contributed by atoms with Crippen LogP contribution in [0.15, 0.2) is 24.3 Å². The molecule has 0 fully saturated rings. The number of unbranched alkanes of at least 4 members (excludes halogenated alkanes) is 32. The quantitative estimate of drug-likeness (QED) is 0.0371. The molecule has 0 aromatic heterocycles. The van der Waals surface area contributed by atoms with Crippen molar-refractivity contribution in [2.24, 2.45) is 0 Å². The lowest BCUT2D eigenvalue weighted by atomic mass is 10.0. The van der Waals surface area contributed by atoms with E-state index in [-0.39, 0.29) is 6.61 Å². The first-order chi connectivity index (χ1) is 25.6. The summed E-state index contributed by atoms with van der Waals surface area (Å²) in [6, 6.07) is -0.810. The maximum Gasteiger partial charge on any atom is 0.249 e. The number of allylic oxidation sites excluding steroid dienone is 3. The molecule has 0 saturated heterocycles. The van der Waals surface area contributed by atoms with Crippen molar-refractivity contribution in [2.45, 2.75) is 263 Å². The van der Waals surface area contributed by atoms with Gasteiger partial charge in [0.1, 0.15) is 6.10 Å². The Hall–Kier alpha value is -1.17. The first-order valence-corrected chi connectivity index (χ1v) is 23.2. The van der Waals surface area contributed by atoms with Crippen molar-refractivity contribution in [2.75, 3.05) is 6.61 Å². The Kier molecular flexibility index (Phi) is 41.6. The number of hydrogen-bond donors (Lipinski definition) is 4. The Morgan fingerprint density at radius 2 is 0.788 bits per heavy atom. The molecule has 0 aliphatic rings. The first-order valence-electron chi connectivity index (χ1n) is 23.2. The van der Waals surface area contributed by atoms with E-state index >= 15 is 0 Å². The highest BCUT2D eigenvalue weighted by molar-refractivity contribution is 5.80. The molecule has 0 aromatic rings. The highest BCUT2D eigenvalue weighted by atomic mass is 16.3. The smallest absolute Gasteiger partial charge is 0.249 e. The Morgan fingerprint density at radius 3 is 1.17 bits per heavy atom. The molecule has 0 radical (unpaired) electrons. The first kappa shape index (κ1) is 50.8. The molecule has 308 valence electrons. The monoisotopic (exact) mass is 734 g/mol. The molecular weight excluding hydrogens is 643 g/mol. The minimum atomic E-state index is -1.10. The lowest BCUT2D eigenvalue weighted by molar-refractivity contribution is -0.131. The van der Waals surface area contributed by atoms with Gasteiger partial charge in [-0.1, -0.05) is 237 Å². The van der Waals surface area contributed by atoms with Crippen LogP contribution < -0.4 is 5.32 Å². The summed E-state index contributed by atoms with van der Waals surface area (Å²) in [5.41, 5.74) is 0. The third-order valence-corrected chi connectivity index (χ3v) is 10.8. The summed E-state index contributed by atoms with van der Waals surface area (Å²) in [5, 5.41) is 33.1. The van der Waals surface area contributed by atoms with Gasteiger partial charge < -0.3 is 20.6 Å². The number of hydrogen-bond acceptors (Lipinski definition) is 4. The average Bonchev–Trinajstić information content (AvgIpc) is 3.15. The van der Waals surface area contributed by atoms with Gasteiger partial charge in [0.2, 0.25) is 5.91 Å². The van der Waals surface area contributed by atoms with Crippen molar-refractivity contribution in [1.82, 2.24) is 5.32 Å². The summed E-state index contributed by atoms with van der Waals surface area (Å²) in [6.07, 6.45) is 52.2. The molecule has 0 bridgehead atoms. The van der Waals surface area contributed by atoms with Gasteiger partial charge >= 0.3 is 0 Å². The summed E-state index contributed by atoms with van der Waals surface area (Å²) >= 11 is 0. The van der Waals surface area contributed by atoms with Crippen molar-refractivity contribution in [3.05, 3.63) is 24.3 Å². The molecular formula is C47H91NO4. The lowest BCUT2D eigenvalue weighted by Gasteiger charge is -2.21. The third kappa shape index (κ3) is 37.2. The summed E-state index contributed by atoms with van der Waals surface area (Å²) in [4.78, 5) is 12.5. The SMILES string of the molecule is CCCCCCCCCCCC/C=C/CC/C=C/C(O)C(CO)NC(=O)C(O)CCCCCCCCCCCCCCCCCCCCCCCC.